The molecule has 0 saturated heterocycles. The molecule has 4 heteroatoms. The zero-order chi connectivity index (χ0) is 15.8. The summed E-state index contributed by atoms with van der Waals surface area (Å²) in [7, 11) is 1.33. The average Bonchev–Trinajstić information content (AvgIpc) is 2.55. The number of nitrogens with one attached hydrogen (secondary N) is 1. The van der Waals surface area contributed by atoms with E-state index in [1.54, 1.807) is 6.08 Å². The molecule has 0 aromatic heterocycles. The van der Waals surface area contributed by atoms with E-state index >= 15 is 0 Å². The van der Waals surface area contributed by atoms with Gasteiger partial charge in [-0.15, -0.1) is 0 Å². The molecule has 0 radical (unpaired) electrons. The first-order valence-corrected chi connectivity index (χ1v) is 7.82. The van der Waals surface area contributed by atoms with Crippen LogP contribution in [0.4, 0.5) is 0 Å². The van der Waals surface area contributed by atoms with Crippen molar-refractivity contribution in [3.8, 4) is 0 Å². The Labute approximate surface area is 131 Å². The lowest BCUT2D eigenvalue weighted by Crippen LogP contribution is -2.36. The van der Waals surface area contributed by atoms with Crippen LogP contribution in [0.25, 0.3) is 6.08 Å². The van der Waals surface area contributed by atoms with Crippen molar-refractivity contribution in [1.29, 1.82) is 0 Å². The lowest BCUT2D eigenvalue weighted by molar-refractivity contribution is -0.137. The average molecular weight is 301 g/mol. The van der Waals surface area contributed by atoms with E-state index in [0.29, 0.717) is 5.57 Å². The Morgan fingerprint density at radius 2 is 1.86 bits per heavy atom. The summed E-state index contributed by atoms with van der Waals surface area (Å²) in [6, 6.07) is 9.72. The molecule has 118 valence electrons. The zero-order valence-electron chi connectivity index (χ0n) is 13.0. The van der Waals surface area contributed by atoms with Crippen LogP contribution in [0.15, 0.2) is 35.9 Å². The summed E-state index contributed by atoms with van der Waals surface area (Å²) in [5.41, 5.74) is 1.26. The van der Waals surface area contributed by atoms with Gasteiger partial charge in [0.25, 0.3) is 0 Å². The standard InChI is InChI=1S/C18H23NO3/c1-22-18(21)15(12-14-8-4-2-5-9-14)13-17(20)19-16-10-6-3-7-11-16/h2,4-5,8-9,12,16H,3,6-7,10-11,13H2,1H3,(H,19,20). The third kappa shape index (κ3) is 5.02. The Hall–Kier alpha value is -2.10. The molecule has 1 aliphatic rings. The van der Waals surface area contributed by atoms with Crippen LogP contribution in [-0.4, -0.2) is 25.0 Å². The molecule has 0 unspecified atom stereocenters. The number of carbonyl (C=O) groups is 2. The number of hydrogen-bond acceptors (Lipinski definition) is 3. The van der Waals surface area contributed by atoms with E-state index < -0.39 is 5.97 Å². The van der Waals surface area contributed by atoms with Gasteiger partial charge in [-0.2, -0.15) is 0 Å². The summed E-state index contributed by atoms with van der Waals surface area (Å²) >= 11 is 0. The molecule has 2 rings (SSSR count). The normalized spacial score (nSPS) is 16.1. The lowest BCUT2D eigenvalue weighted by atomic mass is 9.95. The Morgan fingerprint density at radius 3 is 2.50 bits per heavy atom. The third-order valence-corrected chi connectivity index (χ3v) is 3.91. The SMILES string of the molecule is COC(=O)C(=Cc1ccccc1)CC(=O)NC1CCCCC1. The van der Waals surface area contributed by atoms with Crippen molar-refractivity contribution in [1.82, 2.24) is 5.32 Å². The van der Waals surface area contributed by atoms with Crippen LogP contribution in [0.1, 0.15) is 44.1 Å². The van der Waals surface area contributed by atoms with E-state index in [1.165, 1.54) is 13.5 Å². The minimum absolute atomic E-state index is 0.0536. The van der Waals surface area contributed by atoms with Crippen molar-refractivity contribution in [2.24, 2.45) is 0 Å². The molecule has 1 N–H and O–H groups in total. The number of benzene rings is 1. The Morgan fingerprint density at radius 1 is 1.18 bits per heavy atom. The maximum atomic E-state index is 12.2. The molecule has 1 aromatic rings. The molecule has 22 heavy (non-hydrogen) atoms. The van der Waals surface area contributed by atoms with Crippen LogP contribution in [-0.2, 0) is 14.3 Å². The van der Waals surface area contributed by atoms with Gasteiger partial charge in [0.15, 0.2) is 0 Å². The number of esters is 1. The van der Waals surface area contributed by atoms with Gasteiger partial charge in [0, 0.05) is 11.6 Å². The van der Waals surface area contributed by atoms with Gasteiger partial charge in [-0.3, -0.25) is 4.79 Å². The molecule has 1 aliphatic carbocycles. The molecule has 0 atom stereocenters. The van der Waals surface area contributed by atoms with Crippen LogP contribution in [0.3, 0.4) is 0 Å². The Kier molecular flexibility index (Phi) is 6.19. The van der Waals surface area contributed by atoms with Crippen LogP contribution in [0.2, 0.25) is 0 Å². The number of ether oxygens (including phenoxy) is 1. The second-order valence-electron chi connectivity index (χ2n) is 5.65. The first-order chi connectivity index (χ1) is 10.7. The van der Waals surface area contributed by atoms with E-state index in [9.17, 15) is 9.59 Å². The van der Waals surface area contributed by atoms with Crippen molar-refractivity contribution in [2.75, 3.05) is 7.11 Å². The maximum Gasteiger partial charge on any atom is 0.334 e. The topological polar surface area (TPSA) is 55.4 Å². The van der Waals surface area contributed by atoms with Crippen molar-refractivity contribution >= 4 is 18.0 Å². The molecule has 4 nitrogen and oxygen atoms in total. The van der Waals surface area contributed by atoms with Crippen LogP contribution in [0, 0.1) is 0 Å². The molecule has 1 amide bonds. The summed E-state index contributed by atoms with van der Waals surface area (Å²) in [6.07, 6.45) is 7.39. The predicted octanol–water partition coefficient (Wildman–Crippen LogP) is 3.08. The molecule has 1 aromatic carbocycles. The van der Waals surface area contributed by atoms with E-state index in [0.717, 1.165) is 31.2 Å². The number of methoxy groups -OCH3 is 1. The van der Waals surface area contributed by atoms with E-state index in [4.69, 9.17) is 4.74 Å². The van der Waals surface area contributed by atoms with Gasteiger partial charge in [-0.05, 0) is 24.5 Å². The minimum Gasteiger partial charge on any atom is -0.466 e. The van der Waals surface area contributed by atoms with Crippen molar-refractivity contribution in [3.05, 3.63) is 41.5 Å². The minimum atomic E-state index is -0.456. The Bertz CT molecular complexity index is 531. The second-order valence-corrected chi connectivity index (χ2v) is 5.65. The highest BCUT2D eigenvalue weighted by Crippen LogP contribution is 2.18. The predicted molar refractivity (Wildman–Crippen MR) is 86.1 cm³/mol. The van der Waals surface area contributed by atoms with E-state index in [1.807, 2.05) is 30.3 Å². The van der Waals surface area contributed by atoms with Gasteiger partial charge >= 0.3 is 5.97 Å². The number of rotatable bonds is 5. The van der Waals surface area contributed by atoms with Crippen LogP contribution >= 0.6 is 0 Å². The first-order valence-electron chi connectivity index (χ1n) is 7.82. The largest absolute Gasteiger partial charge is 0.466 e. The summed E-state index contributed by atoms with van der Waals surface area (Å²) in [5.74, 6) is -0.567. The van der Waals surface area contributed by atoms with Crippen molar-refractivity contribution in [3.63, 3.8) is 0 Å². The zero-order valence-corrected chi connectivity index (χ0v) is 13.0. The summed E-state index contributed by atoms with van der Waals surface area (Å²) in [6.45, 7) is 0. The molecule has 1 saturated carbocycles. The first kappa shape index (κ1) is 16.3. The van der Waals surface area contributed by atoms with Gasteiger partial charge < -0.3 is 10.1 Å². The molecule has 0 heterocycles. The molecule has 0 aliphatic heterocycles. The van der Waals surface area contributed by atoms with Gasteiger partial charge in [0.1, 0.15) is 0 Å². The molecular weight excluding hydrogens is 278 g/mol. The summed E-state index contributed by atoms with van der Waals surface area (Å²) in [5, 5.41) is 3.03. The van der Waals surface area contributed by atoms with Gasteiger partial charge in [0.2, 0.25) is 5.91 Å². The fraction of sp³-hybridized carbons (Fsp3) is 0.444. The monoisotopic (exact) mass is 301 g/mol. The fourth-order valence-electron chi connectivity index (χ4n) is 2.76. The molecule has 0 bridgehead atoms. The van der Waals surface area contributed by atoms with E-state index in [-0.39, 0.29) is 18.4 Å². The highest BCUT2D eigenvalue weighted by atomic mass is 16.5. The third-order valence-electron chi connectivity index (χ3n) is 3.91. The number of carbonyl (C=O) groups excluding carboxylic acids is 2. The highest BCUT2D eigenvalue weighted by Gasteiger charge is 2.19. The smallest absolute Gasteiger partial charge is 0.334 e. The van der Waals surface area contributed by atoms with Gasteiger partial charge in [-0.1, -0.05) is 49.6 Å². The van der Waals surface area contributed by atoms with Gasteiger partial charge in [-0.25, -0.2) is 4.79 Å². The molecule has 0 spiro atoms. The van der Waals surface area contributed by atoms with Crippen LogP contribution in [0.5, 0.6) is 0 Å². The molecular formula is C18H23NO3. The van der Waals surface area contributed by atoms with Crippen molar-refractivity contribution < 1.29 is 14.3 Å². The Balaban J connectivity index is 2.01. The van der Waals surface area contributed by atoms with Crippen LogP contribution < -0.4 is 5.32 Å². The molecule has 1 fully saturated rings. The number of hydrogen-bond donors (Lipinski definition) is 1. The quantitative estimate of drug-likeness (QED) is 0.671. The van der Waals surface area contributed by atoms with E-state index in [2.05, 4.69) is 5.32 Å². The van der Waals surface area contributed by atoms with Gasteiger partial charge in [0.05, 0.1) is 13.5 Å². The lowest BCUT2D eigenvalue weighted by Gasteiger charge is -2.22. The second kappa shape index (κ2) is 8.37. The summed E-state index contributed by atoms with van der Waals surface area (Å²) < 4.78 is 4.79. The van der Waals surface area contributed by atoms with Crippen molar-refractivity contribution in [2.45, 2.75) is 44.6 Å². The fourth-order valence-corrected chi connectivity index (χ4v) is 2.76. The highest BCUT2D eigenvalue weighted by molar-refractivity contribution is 5.99. The number of amides is 1. The summed E-state index contributed by atoms with van der Waals surface area (Å²) in [4.78, 5) is 24.0. The maximum absolute atomic E-state index is 12.2.